The predicted octanol–water partition coefficient (Wildman–Crippen LogP) is 3.43. The average molecular weight is 335 g/mol. The topological polar surface area (TPSA) is 54.0 Å². The molecule has 4 heteroatoms. The number of piperidine rings is 1. The van der Waals surface area contributed by atoms with E-state index in [-0.39, 0.29) is 5.91 Å². The van der Waals surface area contributed by atoms with Crippen molar-refractivity contribution in [2.24, 2.45) is 0 Å². The first-order valence-electron chi connectivity index (χ1n) is 9.64. The molecule has 2 saturated heterocycles. The summed E-state index contributed by atoms with van der Waals surface area (Å²) in [5.74, 6) is 0.623. The second kappa shape index (κ2) is 5.80. The maximum absolute atomic E-state index is 13.1. The lowest BCUT2D eigenvalue weighted by molar-refractivity contribution is 0.0925. The largest absolute Gasteiger partial charge is 0.349 e. The van der Waals surface area contributed by atoms with Gasteiger partial charge in [0.25, 0.3) is 5.91 Å². The molecule has 0 radical (unpaired) electrons. The van der Waals surface area contributed by atoms with Crippen LogP contribution in [0.5, 0.6) is 0 Å². The van der Waals surface area contributed by atoms with E-state index in [4.69, 9.17) is 4.98 Å². The third-order valence-electron chi connectivity index (χ3n) is 6.03. The number of carbonyl (C=O) groups is 1. The van der Waals surface area contributed by atoms with Crippen molar-refractivity contribution in [2.75, 3.05) is 0 Å². The Morgan fingerprint density at radius 3 is 2.60 bits per heavy atom. The van der Waals surface area contributed by atoms with Crippen LogP contribution >= 0.6 is 0 Å². The number of pyridine rings is 1. The van der Waals surface area contributed by atoms with E-state index in [1.165, 1.54) is 31.2 Å². The summed E-state index contributed by atoms with van der Waals surface area (Å²) in [6.45, 7) is 2.07. The van der Waals surface area contributed by atoms with E-state index in [9.17, 15) is 4.79 Å². The normalized spacial score (nSPS) is 28.3. The molecule has 4 nitrogen and oxygen atoms in total. The van der Waals surface area contributed by atoms with Gasteiger partial charge in [-0.2, -0.15) is 0 Å². The monoisotopic (exact) mass is 335 g/mol. The summed E-state index contributed by atoms with van der Waals surface area (Å²) in [4.78, 5) is 17.9. The van der Waals surface area contributed by atoms with E-state index in [0.717, 1.165) is 35.0 Å². The molecule has 3 aliphatic rings. The van der Waals surface area contributed by atoms with Crippen LogP contribution in [0.15, 0.2) is 24.3 Å². The Hall–Kier alpha value is -1.94. The van der Waals surface area contributed by atoms with Crippen LogP contribution in [0.25, 0.3) is 10.9 Å². The summed E-state index contributed by atoms with van der Waals surface area (Å²) < 4.78 is 0. The van der Waals surface area contributed by atoms with Gasteiger partial charge in [-0.1, -0.05) is 11.6 Å². The maximum Gasteiger partial charge on any atom is 0.252 e. The van der Waals surface area contributed by atoms with Crippen LogP contribution in [0.3, 0.4) is 0 Å². The fourth-order valence-electron chi connectivity index (χ4n) is 4.57. The van der Waals surface area contributed by atoms with Gasteiger partial charge in [-0.3, -0.25) is 9.78 Å². The zero-order valence-corrected chi connectivity index (χ0v) is 14.7. The third kappa shape index (κ3) is 2.93. The Morgan fingerprint density at radius 1 is 1.12 bits per heavy atom. The average Bonchev–Trinajstić information content (AvgIpc) is 3.39. The molecule has 2 bridgehead atoms. The second-order valence-electron chi connectivity index (χ2n) is 8.17. The molecule has 2 unspecified atom stereocenters. The van der Waals surface area contributed by atoms with Gasteiger partial charge in [0.15, 0.2) is 0 Å². The number of amides is 1. The Balaban J connectivity index is 1.47. The summed E-state index contributed by atoms with van der Waals surface area (Å²) in [6.07, 6.45) is 7.01. The molecule has 25 heavy (non-hydrogen) atoms. The fourth-order valence-corrected chi connectivity index (χ4v) is 4.57. The highest BCUT2D eigenvalue weighted by atomic mass is 16.1. The Kier molecular flexibility index (Phi) is 3.56. The molecule has 0 spiro atoms. The quantitative estimate of drug-likeness (QED) is 0.903. The molecule has 5 rings (SSSR count). The van der Waals surface area contributed by atoms with E-state index >= 15 is 0 Å². The summed E-state index contributed by atoms with van der Waals surface area (Å²) >= 11 is 0. The van der Waals surface area contributed by atoms with Crippen molar-refractivity contribution in [3.63, 3.8) is 0 Å². The Morgan fingerprint density at radius 2 is 1.88 bits per heavy atom. The highest BCUT2D eigenvalue weighted by Crippen LogP contribution is 2.40. The van der Waals surface area contributed by atoms with Crippen molar-refractivity contribution in [1.82, 2.24) is 15.6 Å². The molecule has 130 valence electrons. The maximum atomic E-state index is 13.1. The number of aromatic nitrogens is 1. The van der Waals surface area contributed by atoms with Crippen molar-refractivity contribution >= 4 is 16.8 Å². The van der Waals surface area contributed by atoms with Gasteiger partial charge in [-0.05, 0) is 63.6 Å². The minimum Gasteiger partial charge on any atom is -0.349 e. The molecule has 2 N–H and O–H groups in total. The lowest BCUT2D eigenvalue weighted by Crippen LogP contribution is -2.48. The molecule has 1 aliphatic carbocycles. The number of hydrogen-bond donors (Lipinski definition) is 2. The summed E-state index contributed by atoms with van der Waals surface area (Å²) in [7, 11) is 0. The number of rotatable bonds is 3. The van der Waals surface area contributed by atoms with Crippen molar-refractivity contribution in [2.45, 2.75) is 69.5 Å². The van der Waals surface area contributed by atoms with Crippen molar-refractivity contribution in [3.8, 4) is 0 Å². The zero-order valence-electron chi connectivity index (χ0n) is 14.7. The van der Waals surface area contributed by atoms with Gasteiger partial charge in [0.1, 0.15) is 0 Å². The van der Waals surface area contributed by atoms with Gasteiger partial charge < -0.3 is 10.6 Å². The van der Waals surface area contributed by atoms with Gasteiger partial charge in [0.2, 0.25) is 0 Å². The lowest BCUT2D eigenvalue weighted by atomic mass is 9.98. The summed E-state index contributed by atoms with van der Waals surface area (Å²) in [5.41, 5.74) is 4.02. The third-order valence-corrected chi connectivity index (χ3v) is 6.03. The van der Waals surface area contributed by atoms with Crippen LogP contribution in [0.2, 0.25) is 0 Å². The smallest absolute Gasteiger partial charge is 0.252 e. The number of carbonyl (C=O) groups excluding carboxylic acids is 1. The number of benzene rings is 1. The van der Waals surface area contributed by atoms with Crippen molar-refractivity contribution in [1.29, 1.82) is 0 Å². The molecular formula is C21H25N3O. The van der Waals surface area contributed by atoms with Gasteiger partial charge in [-0.15, -0.1) is 0 Å². The van der Waals surface area contributed by atoms with Crippen molar-refractivity contribution in [3.05, 3.63) is 41.1 Å². The first kappa shape index (κ1) is 15.3. The molecule has 2 atom stereocenters. The molecule has 2 aromatic rings. The number of aryl methyl sites for hydroxylation is 1. The Bertz CT molecular complexity index is 830. The van der Waals surface area contributed by atoms with Crippen LogP contribution in [-0.4, -0.2) is 29.0 Å². The highest BCUT2D eigenvalue weighted by molar-refractivity contribution is 6.06. The van der Waals surface area contributed by atoms with Crippen LogP contribution in [0, 0.1) is 6.92 Å². The number of fused-ring (bicyclic) bond motifs is 3. The van der Waals surface area contributed by atoms with E-state index < -0.39 is 0 Å². The summed E-state index contributed by atoms with van der Waals surface area (Å²) in [5, 5.41) is 7.95. The molecule has 1 amide bonds. The van der Waals surface area contributed by atoms with E-state index in [0.29, 0.717) is 24.0 Å². The molecule has 2 aliphatic heterocycles. The number of nitrogens with one attached hydrogen (secondary N) is 2. The van der Waals surface area contributed by atoms with Gasteiger partial charge in [0, 0.05) is 35.1 Å². The highest BCUT2D eigenvalue weighted by Gasteiger charge is 2.34. The van der Waals surface area contributed by atoms with Gasteiger partial charge >= 0.3 is 0 Å². The fraction of sp³-hybridized carbons (Fsp3) is 0.524. The first-order chi connectivity index (χ1) is 12.2. The lowest BCUT2D eigenvalue weighted by Gasteiger charge is -2.29. The van der Waals surface area contributed by atoms with Crippen LogP contribution < -0.4 is 10.6 Å². The molecule has 1 aromatic carbocycles. The van der Waals surface area contributed by atoms with E-state index in [1.54, 1.807) is 0 Å². The van der Waals surface area contributed by atoms with Gasteiger partial charge in [-0.25, -0.2) is 0 Å². The molecule has 1 aromatic heterocycles. The van der Waals surface area contributed by atoms with Crippen LogP contribution in [-0.2, 0) is 0 Å². The van der Waals surface area contributed by atoms with E-state index in [2.05, 4.69) is 35.8 Å². The minimum atomic E-state index is 0.0752. The molecule has 3 fully saturated rings. The minimum absolute atomic E-state index is 0.0752. The second-order valence-corrected chi connectivity index (χ2v) is 8.17. The SMILES string of the molecule is Cc1ccc2nc(C3CC3)cc(C(=O)NC3CC4CCC(C3)N4)c2c1. The predicted molar refractivity (Wildman–Crippen MR) is 98.9 cm³/mol. The zero-order chi connectivity index (χ0) is 17.0. The number of nitrogens with zero attached hydrogens (tertiary/aromatic N) is 1. The molecular weight excluding hydrogens is 310 g/mol. The Labute approximate surface area is 148 Å². The standard InChI is InChI=1S/C21H25N3O/c1-12-2-7-19-17(8-12)18(11-20(24-19)13-3-4-13)21(25)23-16-9-14-5-6-15(10-16)22-14/h2,7-8,11,13-16,22H,3-6,9-10H2,1H3,(H,23,25). The van der Waals surface area contributed by atoms with E-state index in [1.807, 2.05) is 6.07 Å². The number of hydrogen-bond acceptors (Lipinski definition) is 3. The van der Waals surface area contributed by atoms with Crippen LogP contribution in [0.1, 0.15) is 66.1 Å². The molecule has 1 saturated carbocycles. The van der Waals surface area contributed by atoms with Crippen molar-refractivity contribution < 1.29 is 4.79 Å². The first-order valence-corrected chi connectivity index (χ1v) is 9.64. The van der Waals surface area contributed by atoms with Gasteiger partial charge in [0.05, 0.1) is 11.1 Å². The summed E-state index contributed by atoms with van der Waals surface area (Å²) in [6, 6.07) is 9.74. The van der Waals surface area contributed by atoms with Crippen LogP contribution in [0.4, 0.5) is 0 Å². The molecule has 3 heterocycles.